The van der Waals surface area contributed by atoms with Crippen LogP contribution >= 0.6 is 0 Å². The van der Waals surface area contributed by atoms with Gasteiger partial charge in [0.1, 0.15) is 11.2 Å². The first-order valence-electron chi connectivity index (χ1n) is 6.46. The van der Waals surface area contributed by atoms with Gasteiger partial charge in [-0.15, -0.1) is 0 Å². The van der Waals surface area contributed by atoms with Crippen LogP contribution < -0.4 is 5.32 Å². The Balaban J connectivity index is 2.34. The largest absolute Gasteiger partial charge is 0.351 e. The van der Waals surface area contributed by atoms with Crippen LogP contribution in [0.15, 0.2) is 30.3 Å². The number of nitro benzene ring substituents is 1. The number of hydrogen-bond donors (Lipinski definition) is 1. The summed E-state index contributed by atoms with van der Waals surface area (Å²) in [6, 6.07) is 7.96. The lowest BCUT2D eigenvalue weighted by Crippen LogP contribution is -2.25. The number of aromatic nitrogens is 1. The van der Waals surface area contributed by atoms with E-state index >= 15 is 0 Å². The number of nitro groups is 1. The number of nitrogens with zero attached hydrogens (tertiary/aromatic N) is 2. The summed E-state index contributed by atoms with van der Waals surface area (Å²) in [6.07, 6.45) is 1.87. The van der Waals surface area contributed by atoms with Crippen LogP contribution in [0.3, 0.4) is 0 Å². The number of para-hydroxylation sites is 1. The van der Waals surface area contributed by atoms with Crippen molar-refractivity contribution in [2.45, 2.75) is 19.8 Å². The Morgan fingerprint density at radius 1 is 1.35 bits per heavy atom. The number of pyridine rings is 1. The number of nitrogens with one attached hydrogen (secondary N) is 1. The fourth-order valence-electron chi connectivity index (χ4n) is 1.87. The maximum absolute atomic E-state index is 11.9. The predicted octanol–water partition coefficient (Wildman–Crippen LogP) is 2.67. The Morgan fingerprint density at radius 3 is 2.85 bits per heavy atom. The molecule has 0 radical (unpaired) electrons. The lowest BCUT2D eigenvalue weighted by molar-refractivity contribution is -0.383. The summed E-state index contributed by atoms with van der Waals surface area (Å²) in [5.41, 5.74) is 0.342. The average molecular weight is 273 g/mol. The fourth-order valence-corrected chi connectivity index (χ4v) is 1.87. The van der Waals surface area contributed by atoms with E-state index in [4.69, 9.17) is 0 Å². The molecule has 104 valence electrons. The molecule has 1 heterocycles. The highest BCUT2D eigenvalue weighted by Gasteiger charge is 2.15. The normalized spacial score (nSPS) is 10.4. The first-order valence-corrected chi connectivity index (χ1v) is 6.46. The molecule has 0 aliphatic rings. The van der Waals surface area contributed by atoms with Crippen LogP contribution in [0.4, 0.5) is 5.69 Å². The standard InChI is InChI=1S/C14H15N3O3/c1-2-3-9-15-14(18)11-8-7-10-5-4-6-12(17(19)20)13(10)16-11/h4-8H,2-3,9H2,1H3,(H,15,18). The van der Waals surface area contributed by atoms with Gasteiger partial charge >= 0.3 is 0 Å². The van der Waals surface area contributed by atoms with Crippen LogP contribution in [0.5, 0.6) is 0 Å². The highest BCUT2D eigenvalue weighted by atomic mass is 16.6. The van der Waals surface area contributed by atoms with Crippen molar-refractivity contribution in [1.29, 1.82) is 0 Å². The van der Waals surface area contributed by atoms with Gasteiger partial charge in [-0.1, -0.05) is 31.5 Å². The summed E-state index contributed by atoms with van der Waals surface area (Å²) in [5, 5.41) is 14.4. The number of carbonyl (C=O) groups excluding carboxylic acids is 1. The fraction of sp³-hybridized carbons (Fsp3) is 0.286. The van der Waals surface area contributed by atoms with Crippen LogP contribution in [-0.2, 0) is 0 Å². The van der Waals surface area contributed by atoms with Crippen molar-refractivity contribution in [3.05, 3.63) is 46.1 Å². The van der Waals surface area contributed by atoms with Crippen molar-refractivity contribution in [2.24, 2.45) is 0 Å². The summed E-state index contributed by atoms with van der Waals surface area (Å²) in [4.78, 5) is 26.5. The second-order valence-corrected chi connectivity index (χ2v) is 4.41. The molecule has 6 nitrogen and oxygen atoms in total. The van der Waals surface area contributed by atoms with Gasteiger partial charge in [-0.2, -0.15) is 0 Å². The average Bonchev–Trinajstić information content (AvgIpc) is 2.46. The Kier molecular flexibility index (Phi) is 4.24. The number of hydrogen-bond acceptors (Lipinski definition) is 4. The molecular formula is C14H15N3O3. The topological polar surface area (TPSA) is 85.1 Å². The molecule has 2 rings (SSSR count). The van der Waals surface area contributed by atoms with Gasteiger partial charge in [0.25, 0.3) is 11.6 Å². The third kappa shape index (κ3) is 2.90. The molecule has 20 heavy (non-hydrogen) atoms. The molecule has 0 fully saturated rings. The van der Waals surface area contributed by atoms with E-state index in [2.05, 4.69) is 10.3 Å². The summed E-state index contributed by atoms with van der Waals surface area (Å²) in [7, 11) is 0. The number of benzene rings is 1. The molecular weight excluding hydrogens is 258 g/mol. The molecule has 0 unspecified atom stereocenters. The van der Waals surface area contributed by atoms with Crippen LogP contribution in [-0.4, -0.2) is 22.4 Å². The highest BCUT2D eigenvalue weighted by Crippen LogP contribution is 2.23. The second-order valence-electron chi connectivity index (χ2n) is 4.41. The molecule has 0 bridgehead atoms. The van der Waals surface area contributed by atoms with Gasteiger partial charge in [0.15, 0.2) is 0 Å². The van der Waals surface area contributed by atoms with E-state index in [1.54, 1.807) is 24.3 Å². The quantitative estimate of drug-likeness (QED) is 0.515. The molecule has 1 N–H and O–H groups in total. The minimum absolute atomic E-state index is 0.0919. The van der Waals surface area contributed by atoms with E-state index in [1.807, 2.05) is 6.92 Å². The van der Waals surface area contributed by atoms with Crippen molar-refractivity contribution < 1.29 is 9.72 Å². The maximum Gasteiger partial charge on any atom is 0.295 e. The first-order chi connectivity index (χ1) is 9.63. The van der Waals surface area contributed by atoms with E-state index in [1.165, 1.54) is 6.07 Å². The molecule has 0 spiro atoms. The Morgan fingerprint density at radius 2 is 2.15 bits per heavy atom. The number of amides is 1. The van der Waals surface area contributed by atoms with Gasteiger partial charge in [-0.3, -0.25) is 14.9 Å². The predicted molar refractivity (Wildman–Crippen MR) is 75.6 cm³/mol. The first kappa shape index (κ1) is 13.9. The maximum atomic E-state index is 11.9. The zero-order valence-electron chi connectivity index (χ0n) is 11.1. The van der Waals surface area contributed by atoms with E-state index < -0.39 is 4.92 Å². The van der Waals surface area contributed by atoms with Crippen LogP contribution in [0, 0.1) is 10.1 Å². The van der Waals surface area contributed by atoms with Crippen molar-refractivity contribution in [3.8, 4) is 0 Å². The smallest absolute Gasteiger partial charge is 0.295 e. The Hall–Kier alpha value is -2.50. The molecule has 1 amide bonds. The molecule has 1 aromatic carbocycles. The van der Waals surface area contributed by atoms with Crippen molar-refractivity contribution in [1.82, 2.24) is 10.3 Å². The molecule has 0 atom stereocenters. The van der Waals surface area contributed by atoms with Gasteiger partial charge in [-0.25, -0.2) is 4.98 Å². The van der Waals surface area contributed by atoms with Crippen molar-refractivity contribution in [2.75, 3.05) is 6.54 Å². The summed E-state index contributed by atoms with van der Waals surface area (Å²) < 4.78 is 0. The van der Waals surface area contributed by atoms with Crippen LogP contribution in [0.2, 0.25) is 0 Å². The zero-order chi connectivity index (χ0) is 14.5. The highest BCUT2D eigenvalue weighted by molar-refractivity contribution is 5.96. The lowest BCUT2D eigenvalue weighted by atomic mass is 10.1. The van der Waals surface area contributed by atoms with Gasteiger partial charge in [0, 0.05) is 18.0 Å². The van der Waals surface area contributed by atoms with E-state index in [-0.39, 0.29) is 22.8 Å². The molecule has 1 aromatic heterocycles. The summed E-state index contributed by atoms with van der Waals surface area (Å²) in [5.74, 6) is -0.307. The number of fused-ring (bicyclic) bond motifs is 1. The minimum atomic E-state index is -0.492. The molecule has 0 aliphatic carbocycles. The Labute approximate surface area is 116 Å². The van der Waals surface area contributed by atoms with Crippen molar-refractivity contribution in [3.63, 3.8) is 0 Å². The van der Waals surface area contributed by atoms with E-state index in [0.717, 1.165) is 12.8 Å². The number of rotatable bonds is 5. The number of carbonyl (C=O) groups is 1. The number of non-ortho nitro benzene ring substituents is 1. The minimum Gasteiger partial charge on any atom is -0.351 e. The SMILES string of the molecule is CCCCNC(=O)c1ccc2cccc([N+](=O)[O-])c2n1. The van der Waals surface area contributed by atoms with Crippen molar-refractivity contribution >= 4 is 22.5 Å². The number of unbranched alkanes of at least 4 members (excludes halogenated alkanes) is 1. The second kappa shape index (κ2) is 6.10. The van der Waals surface area contributed by atoms with Gasteiger partial charge in [0.2, 0.25) is 0 Å². The molecule has 0 aliphatic heterocycles. The molecule has 2 aromatic rings. The Bertz CT molecular complexity index is 655. The van der Waals surface area contributed by atoms with Crippen LogP contribution in [0.1, 0.15) is 30.3 Å². The van der Waals surface area contributed by atoms with E-state index in [9.17, 15) is 14.9 Å². The van der Waals surface area contributed by atoms with Gasteiger partial charge in [0.05, 0.1) is 4.92 Å². The zero-order valence-corrected chi connectivity index (χ0v) is 11.1. The van der Waals surface area contributed by atoms with E-state index in [0.29, 0.717) is 11.9 Å². The van der Waals surface area contributed by atoms with Crippen LogP contribution in [0.25, 0.3) is 10.9 Å². The van der Waals surface area contributed by atoms with Gasteiger partial charge in [-0.05, 0) is 12.5 Å². The third-order valence-electron chi connectivity index (χ3n) is 2.94. The molecule has 0 saturated carbocycles. The van der Waals surface area contributed by atoms with Gasteiger partial charge < -0.3 is 5.32 Å². The molecule has 6 heteroatoms. The molecule has 0 saturated heterocycles. The monoisotopic (exact) mass is 273 g/mol. The summed E-state index contributed by atoms with van der Waals surface area (Å²) >= 11 is 0. The lowest BCUT2D eigenvalue weighted by Gasteiger charge is -2.05. The third-order valence-corrected chi connectivity index (χ3v) is 2.94. The summed E-state index contributed by atoms with van der Waals surface area (Å²) in [6.45, 7) is 2.61.